The minimum atomic E-state index is -0.313. The van der Waals surface area contributed by atoms with E-state index in [1.165, 1.54) is 6.42 Å². The number of hydrogen-bond acceptors (Lipinski definition) is 7. The van der Waals surface area contributed by atoms with Crippen molar-refractivity contribution in [3.63, 3.8) is 0 Å². The maximum Gasteiger partial charge on any atom is 0.258 e. The third-order valence-electron chi connectivity index (χ3n) is 6.10. The molecule has 4 heterocycles. The number of carbonyl (C=O) groups is 1. The van der Waals surface area contributed by atoms with Gasteiger partial charge in [0.15, 0.2) is 17.3 Å². The van der Waals surface area contributed by atoms with Crippen molar-refractivity contribution in [1.82, 2.24) is 20.8 Å². The van der Waals surface area contributed by atoms with Crippen LogP contribution in [-0.4, -0.2) is 34.9 Å². The third kappa shape index (κ3) is 2.66. The quantitative estimate of drug-likeness (QED) is 0.830. The number of amides is 1. The highest BCUT2D eigenvalue weighted by molar-refractivity contribution is 5.84. The summed E-state index contributed by atoms with van der Waals surface area (Å²) >= 11 is 0. The molecule has 0 spiro atoms. The summed E-state index contributed by atoms with van der Waals surface area (Å²) in [6, 6.07) is 6.23. The molecule has 1 aromatic carbocycles. The SMILES string of the molecule is CC[C@@]1(C(=O)NCc2noc(-c3ccc4c(c3)OCO4)n2)C[C@@H]2CC[C@H]1N2. The first-order valence-electron chi connectivity index (χ1n) is 9.45. The summed E-state index contributed by atoms with van der Waals surface area (Å²) in [5.74, 6) is 2.30. The van der Waals surface area contributed by atoms with Crippen LogP contribution >= 0.6 is 0 Å². The van der Waals surface area contributed by atoms with Gasteiger partial charge in [-0.1, -0.05) is 12.1 Å². The molecule has 2 N–H and O–H groups in total. The van der Waals surface area contributed by atoms with Crippen molar-refractivity contribution in [2.24, 2.45) is 5.41 Å². The summed E-state index contributed by atoms with van der Waals surface area (Å²) in [7, 11) is 0. The van der Waals surface area contributed by atoms with Crippen molar-refractivity contribution < 1.29 is 18.8 Å². The van der Waals surface area contributed by atoms with Gasteiger partial charge in [-0.25, -0.2) is 0 Å². The number of rotatable bonds is 5. The highest BCUT2D eigenvalue weighted by Gasteiger charge is 2.54. The van der Waals surface area contributed by atoms with Crippen LogP contribution in [0.2, 0.25) is 0 Å². The molecular weight excluding hydrogens is 348 g/mol. The Balaban J connectivity index is 1.27. The number of carbonyl (C=O) groups excluding carboxylic acids is 1. The number of fused-ring (bicyclic) bond motifs is 3. The molecule has 0 unspecified atom stereocenters. The Bertz CT molecular complexity index is 882. The smallest absolute Gasteiger partial charge is 0.258 e. The minimum Gasteiger partial charge on any atom is -0.454 e. The van der Waals surface area contributed by atoms with Gasteiger partial charge in [0, 0.05) is 17.6 Å². The molecule has 142 valence electrons. The fraction of sp³-hybridized carbons (Fsp3) is 0.526. The summed E-state index contributed by atoms with van der Waals surface area (Å²) in [5, 5.41) is 10.6. The summed E-state index contributed by atoms with van der Waals surface area (Å²) in [6.07, 6.45) is 3.99. The Hall–Kier alpha value is -2.61. The van der Waals surface area contributed by atoms with E-state index < -0.39 is 0 Å². The topological polar surface area (TPSA) is 98.5 Å². The fourth-order valence-corrected chi connectivity index (χ4v) is 4.61. The zero-order valence-corrected chi connectivity index (χ0v) is 15.2. The lowest BCUT2D eigenvalue weighted by molar-refractivity contribution is -0.132. The van der Waals surface area contributed by atoms with Crippen LogP contribution in [0.3, 0.4) is 0 Å². The van der Waals surface area contributed by atoms with Gasteiger partial charge < -0.3 is 24.6 Å². The van der Waals surface area contributed by atoms with E-state index in [9.17, 15) is 4.79 Å². The second-order valence-corrected chi connectivity index (χ2v) is 7.47. The van der Waals surface area contributed by atoms with Gasteiger partial charge in [0.1, 0.15) is 0 Å². The highest BCUT2D eigenvalue weighted by Crippen LogP contribution is 2.46. The lowest BCUT2D eigenvalue weighted by Crippen LogP contribution is -2.48. The average Bonchev–Trinajstić information content (AvgIpc) is 3.48. The van der Waals surface area contributed by atoms with Crippen LogP contribution in [0.5, 0.6) is 11.5 Å². The lowest BCUT2D eigenvalue weighted by Gasteiger charge is -2.34. The molecule has 3 atom stereocenters. The highest BCUT2D eigenvalue weighted by atomic mass is 16.7. The molecule has 0 saturated carbocycles. The normalized spacial score (nSPS) is 27.9. The first-order valence-corrected chi connectivity index (χ1v) is 9.45. The molecule has 27 heavy (non-hydrogen) atoms. The maximum absolute atomic E-state index is 12.9. The van der Waals surface area contributed by atoms with Gasteiger partial charge in [-0.3, -0.25) is 4.79 Å². The van der Waals surface area contributed by atoms with Crippen molar-refractivity contribution in [1.29, 1.82) is 0 Å². The Kier molecular flexibility index (Phi) is 3.82. The van der Waals surface area contributed by atoms with E-state index >= 15 is 0 Å². The second kappa shape index (κ2) is 6.23. The van der Waals surface area contributed by atoms with Crippen LogP contribution in [0.4, 0.5) is 0 Å². The maximum atomic E-state index is 12.9. The van der Waals surface area contributed by atoms with Gasteiger partial charge >= 0.3 is 0 Å². The lowest BCUT2D eigenvalue weighted by atomic mass is 9.71. The van der Waals surface area contributed by atoms with Crippen LogP contribution in [0, 0.1) is 5.41 Å². The largest absolute Gasteiger partial charge is 0.454 e. The van der Waals surface area contributed by atoms with Gasteiger partial charge in [-0.15, -0.1) is 0 Å². The van der Waals surface area contributed by atoms with Crippen molar-refractivity contribution in [2.45, 2.75) is 51.2 Å². The standard InChI is InChI=1S/C19H22N4O4/c1-2-19(8-12-4-6-15(19)21-12)18(24)20-9-16-22-17(27-23-16)11-3-5-13-14(7-11)26-10-25-13/h3,5,7,12,15,21H,2,4,6,8-10H2,1H3,(H,20,24)/t12-,15+,19+/m0/s1. The third-order valence-corrected chi connectivity index (χ3v) is 6.10. The predicted octanol–water partition coefficient (Wildman–Crippen LogP) is 2.00. The van der Waals surface area contributed by atoms with Crippen LogP contribution in [-0.2, 0) is 11.3 Å². The summed E-state index contributed by atoms with van der Waals surface area (Å²) in [5.41, 5.74) is 0.443. The minimum absolute atomic E-state index is 0.0825. The monoisotopic (exact) mass is 370 g/mol. The molecule has 3 aliphatic heterocycles. The molecule has 0 aliphatic carbocycles. The number of hydrogen-bond donors (Lipinski definition) is 2. The van der Waals surface area contributed by atoms with E-state index in [1.54, 1.807) is 0 Å². The molecule has 3 aliphatic rings. The van der Waals surface area contributed by atoms with E-state index in [-0.39, 0.29) is 30.7 Å². The number of nitrogens with one attached hydrogen (secondary N) is 2. The fourth-order valence-electron chi connectivity index (χ4n) is 4.61. The zero-order chi connectivity index (χ0) is 18.4. The van der Waals surface area contributed by atoms with Gasteiger partial charge in [0.25, 0.3) is 5.89 Å². The van der Waals surface area contributed by atoms with Crippen LogP contribution < -0.4 is 20.1 Å². The number of benzene rings is 1. The molecule has 2 aromatic rings. The van der Waals surface area contributed by atoms with Crippen LogP contribution in [0.15, 0.2) is 22.7 Å². The number of nitrogens with zero attached hydrogens (tertiary/aromatic N) is 2. The van der Waals surface area contributed by atoms with E-state index in [0.29, 0.717) is 29.3 Å². The van der Waals surface area contributed by atoms with Crippen molar-refractivity contribution >= 4 is 5.91 Å². The van der Waals surface area contributed by atoms with Gasteiger partial charge in [0.2, 0.25) is 12.7 Å². The zero-order valence-electron chi connectivity index (χ0n) is 15.2. The van der Waals surface area contributed by atoms with E-state index in [0.717, 1.165) is 24.8 Å². The molecule has 8 heteroatoms. The molecule has 1 amide bonds. The van der Waals surface area contributed by atoms with E-state index in [2.05, 4.69) is 27.7 Å². The predicted molar refractivity (Wildman–Crippen MR) is 95.0 cm³/mol. The Labute approximate surface area is 156 Å². The first-order chi connectivity index (χ1) is 13.2. The first kappa shape index (κ1) is 16.6. The van der Waals surface area contributed by atoms with Gasteiger partial charge in [-0.2, -0.15) is 4.98 Å². The second-order valence-electron chi connectivity index (χ2n) is 7.47. The van der Waals surface area contributed by atoms with E-state index in [1.807, 2.05) is 18.2 Å². The van der Waals surface area contributed by atoms with Gasteiger partial charge in [0.05, 0.1) is 12.0 Å². The summed E-state index contributed by atoms with van der Waals surface area (Å²) in [6.45, 7) is 2.57. The molecule has 2 bridgehead atoms. The molecule has 8 nitrogen and oxygen atoms in total. The average molecular weight is 370 g/mol. The molecule has 2 fully saturated rings. The molecule has 1 aromatic heterocycles. The number of aromatic nitrogens is 2. The molecule has 2 saturated heterocycles. The Morgan fingerprint density at radius 1 is 1.33 bits per heavy atom. The van der Waals surface area contributed by atoms with E-state index in [4.69, 9.17) is 14.0 Å². The molecule has 0 radical (unpaired) electrons. The molecule has 5 rings (SSSR count). The Morgan fingerprint density at radius 2 is 2.22 bits per heavy atom. The molecular formula is C19H22N4O4. The summed E-state index contributed by atoms with van der Waals surface area (Å²) in [4.78, 5) is 17.3. The van der Waals surface area contributed by atoms with Crippen molar-refractivity contribution in [3.8, 4) is 23.0 Å². The summed E-state index contributed by atoms with van der Waals surface area (Å²) < 4.78 is 16.0. The van der Waals surface area contributed by atoms with Crippen molar-refractivity contribution in [2.75, 3.05) is 6.79 Å². The number of ether oxygens (including phenoxy) is 2. The van der Waals surface area contributed by atoms with Crippen molar-refractivity contribution in [3.05, 3.63) is 24.0 Å². The Morgan fingerprint density at radius 3 is 3.00 bits per heavy atom. The van der Waals surface area contributed by atoms with Gasteiger partial charge in [-0.05, 0) is 43.9 Å². The van der Waals surface area contributed by atoms with Crippen LogP contribution in [0.25, 0.3) is 11.5 Å². The van der Waals surface area contributed by atoms with Crippen LogP contribution in [0.1, 0.15) is 38.4 Å².